The first-order valence-corrected chi connectivity index (χ1v) is 2.32. The second kappa shape index (κ2) is 2.35. The summed E-state index contributed by atoms with van der Waals surface area (Å²) in [6, 6.07) is 0. The smallest absolute Gasteiger partial charge is 0.167 e. The second-order valence-corrected chi connectivity index (χ2v) is 1.36. The highest BCUT2D eigenvalue weighted by molar-refractivity contribution is 9.11. The van der Waals surface area contributed by atoms with Crippen LogP contribution in [-0.4, -0.2) is 6.18 Å². The maximum atomic E-state index is 10.9. The molecule has 0 heterocycles. The van der Waals surface area contributed by atoms with Crippen LogP contribution in [0.15, 0.2) is 11.1 Å². The minimum absolute atomic E-state index is 0.104. The van der Waals surface area contributed by atoms with E-state index in [4.69, 9.17) is 0 Å². The zero-order valence-corrected chi connectivity index (χ0v) is 4.75. The molecule has 0 aromatic heterocycles. The average molecular weight is 175 g/mol. The van der Waals surface area contributed by atoms with Gasteiger partial charge in [0.05, 0.1) is 0 Å². The maximum absolute atomic E-state index is 10.9. The molecular formula is C3H2BrF3. The molecule has 0 unspecified atom stereocenters. The van der Waals surface area contributed by atoms with Crippen molar-refractivity contribution in [1.29, 1.82) is 0 Å². The summed E-state index contributed by atoms with van der Waals surface area (Å²) in [6.07, 6.45) is -4.07. The summed E-state index contributed by atoms with van der Waals surface area (Å²) < 4.78 is 32.8. The van der Waals surface area contributed by atoms with Crippen molar-refractivity contribution in [3.8, 4) is 0 Å². The minimum atomic E-state index is -4.18. The normalized spacial score (nSPS) is 13.1. The first kappa shape index (κ1) is 7.01. The van der Waals surface area contributed by atoms with Gasteiger partial charge >= 0.3 is 6.18 Å². The molecule has 0 N–H and O–H groups in total. The van der Waals surface area contributed by atoms with E-state index in [0.29, 0.717) is 0 Å². The Labute approximate surface area is 47.1 Å². The van der Waals surface area contributed by atoms with E-state index in [-0.39, 0.29) is 6.08 Å². The highest BCUT2D eigenvalue weighted by atomic mass is 79.9. The van der Waals surface area contributed by atoms with Gasteiger partial charge in [-0.2, -0.15) is 13.2 Å². The van der Waals surface area contributed by atoms with Crippen molar-refractivity contribution in [2.45, 2.75) is 6.18 Å². The molecule has 0 amide bonds. The van der Waals surface area contributed by atoms with Gasteiger partial charge in [0.15, 0.2) is 0 Å². The fourth-order valence-electron chi connectivity index (χ4n) is 0.0714. The third kappa shape index (κ3) is 6.01. The van der Waals surface area contributed by atoms with Crippen LogP contribution in [0.3, 0.4) is 0 Å². The Bertz CT molecular complexity index is 72.7. The average Bonchev–Trinajstić information content (AvgIpc) is 1.30. The molecule has 0 bridgehead atoms. The third-order valence-corrected chi connectivity index (χ3v) is 0.516. The van der Waals surface area contributed by atoms with E-state index in [2.05, 4.69) is 15.9 Å². The summed E-state index contributed by atoms with van der Waals surface area (Å²) in [6.45, 7) is 0. The molecule has 0 nitrogen and oxygen atoms in total. The molecule has 0 aromatic rings. The van der Waals surface area contributed by atoms with E-state index in [1.165, 1.54) is 0 Å². The number of halogens is 4. The van der Waals surface area contributed by atoms with Gasteiger partial charge in [-0.05, 0) is 4.99 Å². The summed E-state index contributed by atoms with van der Waals surface area (Å²) in [5, 5.41) is 0. The van der Waals surface area contributed by atoms with Crippen LogP contribution in [0, 0.1) is 0 Å². The van der Waals surface area contributed by atoms with Crippen LogP contribution in [0.2, 0.25) is 0 Å². The van der Waals surface area contributed by atoms with Gasteiger partial charge in [0.2, 0.25) is 0 Å². The minimum Gasteiger partial charge on any atom is -0.167 e. The van der Waals surface area contributed by atoms with Crippen molar-refractivity contribution in [2.24, 2.45) is 0 Å². The van der Waals surface area contributed by atoms with Crippen molar-refractivity contribution >= 4 is 15.9 Å². The Hall–Kier alpha value is 0.01000. The molecule has 0 rings (SSSR count). The van der Waals surface area contributed by atoms with Crippen molar-refractivity contribution < 1.29 is 13.2 Å². The van der Waals surface area contributed by atoms with Crippen molar-refractivity contribution in [2.75, 3.05) is 0 Å². The number of alkyl halides is 3. The molecule has 0 radical (unpaired) electrons. The zero-order valence-electron chi connectivity index (χ0n) is 3.17. The largest absolute Gasteiger partial charge is 0.410 e. The van der Waals surface area contributed by atoms with Crippen molar-refractivity contribution in [1.82, 2.24) is 0 Å². The molecule has 0 aliphatic rings. The zero-order chi connectivity index (χ0) is 5.91. The van der Waals surface area contributed by atoms with Crippen LogP contribution in [0.25, 0.3) is 0 Å². The van der Waals surface area contributed by atoms with Gasteiger partial charge in [-0.1, -0.05) is 15.9 Å². The van der Waals surface area contributed by atoms with Crippen LogP contribution in [0.4, 0.5) is 13.2 Å². The Morgan fingerprint density at radius 3 is 1.71 bits per heavy atom. The van der Waals surface area contributed by atoms with E-state index >= 15 is 0 Å². The SMILES string of the molecule is FC(F)(F)C=CBr. The summed E-state index contributed by atoms with van der Waals surface area (Å²) in [5.41, 5.74) is 0. The summed E-state index contributed by atoms with van der Waals surface area (Å²) >= 11 is 2.48. The molecule has 0 aliphatic carbocycles. The first-order chi connectivity index (χ1) is 3.06. The van der Waals surface area contributed by atoms with Crippen LogP contribution in [-0.2, 0) is 0 Å². The van der Waals surface area contributed by atoms with Gasteiger partial charge in [-0.15, -0.1) is 0 Å². The Morgan fingerprint density at radius 1 is 1.29 bits per heavy atom. The quantitative estimate of drug-likeness (QED) is 0.530. The van der Waals surface area contributed by atoms with E-state index in [1.807, 2.05) is 0 Å². The molecule has 0 aliphatic heterocycles. The highest BCUT2D eigenvalue weighted by Crippen LogP contribution is 2.16. The van der Waals surface area contributed by atoms with Gasteiger partial charge in [-0.3, -0.25) is 0 Å². The molecule has 0 spiro atoms. The van der Waals surface area contributed by atoms with Gasteiger partial charge < -0.3 is 0 Å². The number of hydrogen-bond acceptors (Lipinski definition) is 0. The van der Waals surface area contributed by atoms with Gasteiger partial charge in [0, 0.05) is 6.08 Å². The standard InChI is InChI=1S/C3H2BrF3/c4-2-1-3(5,6)7/h1-2H. The van der Waals surface area contributed by atoms with Crippen LogP contribution < -0.4 is 0 Å². The lowest BCUT2D eigenvalue weighted by Gasteiger charge is -1.92. The lowest BCUT2D eigenvalue weighted by Crippen LogP contribution is -1.99. The first-order valence-electron chi connectivity index (χ1n) is 1.41. The van der Waals surface area contributed by atoms with Crippen LogP contribution >= 0.6 is 15.9 Å². The fourth-order valence-corrected chi connectivity index (χ4v) is 0.371. The van der Waals surface area contributed by atoms with Crippen molar-refractivity contribution in [3.05, 3.63) is 11.1 Å². The molecule has 0 saturated carbocycles. The lowest BCUT2D eigenvalue weighted by molar-refractivity contribution is -0.0796. The van der Waals surface area contributed by atoms with E-state index in [0.717, 1.165) is 4.99 Å². The predicted octanol–water partition coefficient (Wildman–Crippen LogP) is 2.46. The van der Waals surface area contributed by atoms with E-state index in [9.17, 15) is 13.2 Å². The summed E-state index contributed by atoms with van der Waals surface area (Å²) in [4.78, 5) is 0.771. The van der Waals surface area contributed by atoms with Gasteiger partial charge in [-0.25, -0.2) is 0 Å². The molecule has 0 saturated heterocycles. The Balaban J connectivity index is 3.56. The van der Waals surface area contributed by atoms with Gasteiger partial charge in [0.1, 0.15) is 0 Å². The highest BCUT2D eigenvalue weighted by Gasteiger charge is 2.21. The molecule has 0 atom stereocenters. The molecule has 0 fully saturated rings. The topological polar surface area (TPSA) is 0 Å². The number of rotatable bonds is 0. The Morgan fingerprint density at radius 2 is 1.71 bits per heavy atom. The van der Waals surface area contributed by atoms with E-state index in [1.54, 1.807) is 0 Å². The second-order valence-electron chi connectivity index (χ2n) is 0.834. The molecule has 7 heavy (non-hydrogen) atoms. The molecular weight excluding hydrogens is 173 g/mol. The van der Waals surface area contributed by atoms with Gasteiger partial charge in [0.25, 0.3) is 0 Å². The number of hydrogen-bond donors (Lipinski definition) is 0. The molecule has 4 heteroatoms. The molecule has 0 aromatic carbocycles. The van der Waals surface area contributed by atoms with Crippen LogP contribution in [0.1, 0.15) is 0 Å². The fraction of sp³-hybridized carbons (Fsp3) is 0.333. The maximum Gasteiger partial charge on any atom is 0.410 e. The Kier molecular flexibility index (Phi) is 2.35. The predicted molar refractivity (Wildman–Crippen MR) is 24.1 cm³/mol. The molecule has 42 valence electrons. The third-order valence-electron chi connectivity index (χ3n) is 0.252. The summed E-state index contributed by atoms with van der Waals surface area (Å²) in [7, 11) is 0. The monoisotopic (exact) mass is 174 g/mol. The van der Waals surface area contributed by atoms with Crippen LogP contribution in [0.5, 0.6) is 0 Å². The summed E-state index contributed by atoms with van der Waals surface area (Å²) in [5.74, 6) is 0. The van der Waals surface area contributed by atoms with Crippen molar-refractivity contribution in [3.63, 3.8) is 0 Å². The van der Waals surface area contributed by atoms with E-state index < -0.39 is 6.18 Å². The lowest BCUT2D eigenvalue weighted by atomic mass is 10.6. The number of allylic oxidation sites excluding steroid dienone is 1.